The summed E-state index contributed by atoms with van der Waals surface area (Å²) in [5.74, 6) is -0.0121. The first-order valence-electron chi connectivity index (χ1n) is 7.62. The van der Waals surface area contributed by atoms with Gasteiger partial charge in [-0.05, 0) is 55.9 Å². The van der Waals surface area contributed by atoms with E-state index in [-0.39, 0.29) is 35.7 Å². The van der Waals surface area contributed by atoms with Crippen LogP contribution in [0.5, 0.6) is 0 Å². The van der Waals surface area contributed by atoms with Gasteiger partial charge in [-0.15, -0.1) is 0 Å². The van der Waals surface area contributed by atoms with E-state index in [2.05, 4.69) is 11.4 Å². The Kier molecular flexibility index (Phi) is 2.65. The highest BCUT2D eigenvalue weighted by atomic mass is 16.6. The molecule has 21 heavy (non-hydrogen) atoms. The molecule has 1 aliphatic heterocycles. The monoisotopic (exact) mass is 285 g/mol. The molecule has 0 radical (unpaired) electrons. The van der Waals surface area contributed by atoms with Crippen molar-refractivity contribution in [2.75, 3.05) is 5.32 Å². The largest absolute Gasteiger partial charge is 0.462 e. The second-order valence-electron chi connectivity index (χ2n) is 6.79. The van der Waals surface area contributed by atoms with E-state index < -0.39 is 0 Å². The minimum Gasteiger partial charge on any atom is -0.462 e. The molecule has 3 fully saturated rings. The van der Waals surface area contributed by atoms with E-state index in [0.29, 0.717) is 5.92 Å². The lowest BCUT2D eigenvalue weighted by molar-refractivity contribution is -0.145. The Labute approximate surface area is 123 Å². The second kappa shape index (κ2) is 4.33. The molecule has 1 aromatic rings. The highest BCUT2D eigenvalue weighted by molar-refractivity contribution is 5.97. The Morgan fingerprint density at radius 1 is 1.19 bits per heavy atom. The van der Waals surface area contributed by atoms with E-state index in [9.17, 15) is 9.59 Å². The highest BCUT2D eigenvalue weighted by Gasteiger charge is 2.63. The molecule has 4 nitrogen and oxygen atoms in total. The van der Waals surface area contributed by atoms with Crippen molar-refractivity contribution < 1.29 is 14.3 Å². The summed E-state index contributed by atoms with van der Waals surface area (Å²) in [4.78, 5) is 24.6. The van der Waals surface area contributed by atoms with Crippen molar-refractivity contribution >= 4 is 17.6 Å². The van der Waals surface area contributed by atoms with Crippen LogP contribution in [0.2, 0.25) is 0 Å². The van der Waals surface area contributed by atoms with Gasteiger partial charge < -0.3 is 10.1 Å². The van der Waals surface area contributed by atoms with Crippen LogP contribution in [0.25, 0.3) is 0 Å². The van der Waals surface area contributed by atoms with E-state index in [1.54, 1.807) is 0 Å². The summed E-state index contributed by atoms with van der Waals surface area (Å²) in [6.07, 6.45) is 1.90. The van der Waals surface area contributed by atoms with E-state index in [1.165, 1.54) is 0 Å². The number of carbonyl (C=O) groups excluding carboxylic acids is 2. The van der Waals surface area contributed by atoms with E-state index >= 15 is 0 Å². The van der Waals surface area contributed by atoms with Crippen molar-refractivity contribution in [3.8, 4) is 0 Å². The molecule has 0 aromatic heterocycles. The number of rotatable bonds is 2. The molecule has 1 heterocycles. The van der Waals surface area contributed by atoms with Gasteiger partial charge >= 0.3 is 5.97 Å². The smallest absolute Gasteiger partial charge is 0.310 e. The molecular weight excluding hydrogens is 266 g/mol. The molecule has 110 valence electrons. The predicted molar refractivity (Wildman–Crippen MR) is 77.6 cm³/mol. The summed E-state index contributed by atoms with van der Waals surface area (Å²) in [7, 11) is 0. The van der Waals surface area contributed by atoms with Gasteiger partial charge in [-0.2, -0.15) is 0 Å². The fourth-order valence-corrected chi connectivity index (χ4v) is 4.64. The number of hydrogen-bond acceptors (Lipinski definition) is 3. The molecule has 4 heteroatoms. The van der Waals surface area contributed by atoms with Gasteiger partial charge in [0.25, 0.3) is 0 Å². The zero-order valence-corrected chi connectivity index (χ0v) is 12.3. The molecule has 2 aliphatic carbocycles. The van der Waals surface area contributed by atoms with Crippen LogP contribution in [0.3, 0.4) is 0 Å². The molecule has 3 aliphatic rings. The van der Waals surface area contributed by atoms with Gasteiger partial charge in [-0.3, -0.25) is 9.59 Å². The number of ether oxygens (including phenoxy) is 1. The highest BCUT2D eigenvalue weighted by Crippen LogP contribution is 2.57. The average Bonchev–Trinajstić information content (AvgIpc) is 2.97. The first-order valence-corrected chi connectivity index (χ1v) is 7.62. The van der Waals surface area contributed by atoms with Crippen molar-refractivity contribution in [3.05, 3.63) is 29.3 Å². The molecule has 0 unspecified atom stereocenters. The van der Waals surface area contributed by atoms with Crippen LogP contribution < -0.4 is 5.32 Å². The minimum atomic E-state index is -0.209. The number of hydrogen-bond donors (Lipinski definition) is 1. The molecule has 2 bridgehead atoms. The van der Waals surface area contributed by atoms with Crippen LogP contribution in [0.4, 0.5) is 5.69 Å². The van der Waals surface area contributed by atoms with Gasteiger partial charge in [-0.25, -0.2) is 0 Å². The molecule has 4 rings (SSSR count). The topological polar surface area (TPSA) is 55.4 Å². The molecule has 1 N–H and O–H groups in total. The summed E-state index contributed by atoms with van der Waals surface area (Å²) < 4.78 is 5.39. The van der Waals surface area contributed by atoms with Gasteiger partial charge in [0, 0.05) is 11.6 Å². The fourth-order valence-electron chi connectivity index (χ4n) is 4.64. The van der Waals surface area contributed by atoms with Crippen LogP contribution in [-0.2, 0) is 14.3 Å². The number of fused-ring (bicyclic) bond motifs is 1. The van der Waals surface area contributed by atoms with Gasteiger partial charge in [0.05, 0.1) is 11.8 Å². The molecule has 1 saturated heterocycles. The number of anilines is 1. The average molecular weight is 285 g/mol. The minimum absolute atomic E-state index is 0.0187. The Hall–Kier alpha value is -1.84. The number of amides is 1. The number of benzene rings is 1. The Balaban J connectivity index is 1.57. The molecule has 5 atom stereocenters. The molecule has 0 spiro atoms. The Morgan fingerprint density at radius 2 is 1.90 bits per heavy atom. The van der Waals surface area contributed by atoms with Gasteiger partial charge in [0.2, 0.25) is 5.91 Å². The van der Waals surface area contributed by atoms with Crippen LogP contribution in [0.15, 0.2) is 18.2 Å². The first-order chi connectivity index (χ1) is 10.0. The lowest BCUT2D eigenvalue weighted by Gasteiger charge is -2.23. The maximum atomic E-state index is 12.6. The first kappa shape index (κ1) is 12.9. The quantitative estimate of drug-likeness (QED) is 0.849. The van der Waals surface area contributed by atoms with E-state index in [1.807, 2.05) is 26.0 Å². The van der Waals surface area contributed by atoms with Gasteiger partial charge in [-0.1, -0.05) is 6.07 Å². The summed E-state index contributed by atoms with van der Waals surface area (Å²) in [6.45, 7) is 4.03. The van der Waals surface area contributed by atoms with Crippen LogP contribution >= 0.6 is 0 Å². The van der Waals surface area contributed by atoms with E-state index in [0.717, 1.165) is 29.7 Å². The van der Waals surface area contributed by atoms with Crippen LogP contribution in [0, 0.1) is 37.5 Å². The summed E-state index contributed by atoms with van der Waals surface area (Å²) in [5.41, 5.74) is 3.07. The molecular formula is C17H19NO3. The van der Waals surface area contributed by atoms with Crippen molar-refractivity contribution in [1.82, 2.24) is 0 Å². The lowest BCUT2D eigenvalue weighted by atomic mass is 9.79. The maximum absolute atomic E-state index is 12.6. The zero-order valence-electron chi connectivity index (χ0n) is 12.3. The summed E-state index contributed by atoms with van der Waals surface area (Å²) in [5, 5.41) is 3.01. The third-order valence-corrected chi connectivity index (χ3v) is 5.28. The van der Waals surface area contributed by atoms with Gasteiger partial charge in [0.15, 0.2) is 0 Å². The maximum Gasteiger partial charge on any atom is 0.310 e. The number of esters is 1. The molecule has 1 amide bonds. The third-order valence-electron chi connectivity index (χ3n) is 5.28. The summed E-state index contributed by atoms with van der Waals surface area (Å²) in [6, 6.07) is 6.01. The number of aryl methyl sites for hydroxylation is 2. The second-order valence-corrected chi connectivity index (χ2v) is 6.79. The van der Waals surface area contributed by atoms with Crippen molar-refractivity contribution in [1.29, 1.82) is 0 Å². The van der Waals surface area contributed by atoms with Crippen molar-refractivity contribution in [2.45, 2.75) is 32.8 Å². The zero-order chi connectivity index (χ0) is 14.7. The standard InChI is InChI=1S/C17H19NO3/c1-8-3-9(2)5-11(4-8)18-16(19)14-10-6-12-13(7-10)21-17(20)15(12)14/h3-5,10,12-15H,6-7H2,1-2H3,(H,18,19)/t10-,12-,13-,14+,15+/m1/s1. The van der Waals surface area contributed by atoms with Crippen LogP contribution in [0.1, 0.15) is 24.0 Å². The van der Waals surface area contributed by atoms with Gasteiger partial charge in [0.1, 0.15) is 6.10 Å². The molecule has 2 saturated carbocycles. The fraction of sp³-hybridized carbons (Fsp3) is 0.529. The molecule has 1 aromatic carbocycles. The Bertz CT molecular complexity index is 617. The van der Waals surface area contributed by atoms with Crippen molar-refractivity contribution in [3.63, 3.8) is 0 Å². The Morgan fingerprint density at radius 3 is 2.62 bits per heavy atom. The number of carbonyl (C=O) groups is 2. The van der Waals surface area contributed by atoms with Crippen LogP contribution in [-0.4, -0.2) is 18.0 Å². The SMILES string of the molecule is Cc1cc(C)cc(NC(=O)[C@H]2[C@@H]3C[C@H]4[C@@H]2C(=O)O[C@@H]4C3)c1. The number of nitrogens with one attached hydrogen (secondary N) is 1. The summed E-state index contributed by atoms with van der Waals surface area (Å²) >= 11 is 0. The normalized spacial score (nSPS) is 35.9. The van der Waals surface area contributed by atoms with E-state index in [4.69, 9.17) is 4.74 Å². The third kappa shape index (κ3) is 1.88. The van der Waals surface area contributed by atoms with Crippen molar-refractivity contribution in [2.24, 2.45) is 23.7 Å². The lowest BCUT2D eigenvalue weighted by Crippen LogP contribution is -2.35. The predicted octanol–water partition coefficient (Wildman–Crippen LogP) is 2.44.